The molecule has 3 heteroatoms. The highest BCUT2D eigenvalue weighted by Crippen LogP contribution is 2.48. The molecule has 0 aliphatic carbocycles. The minimum Gasteiger partial charge on any atom is -0.456 e. The van der Waals surface area contributed by atoms with Gasteiger partial charge in [0.1, 0.15) is 22.3 Å². The molecule has 0 spiro atoms. The van der Waals surface area contributed by atoms with Crippen LogP contribution in [-0.4, -0.2) is 0 Å². The lowest BCUT2D eigenvalue weighted by Crippen LogP contribution is -2.10. The first-order valence-corrected chi connectivity index (χ1v) is 20.1. The second-order valence-electron chi connectivity index (χ2n) is 15.3. The second-order valence-corrected chi connectivity index (χ2v) is 15.3. The Hall–Kier alpha value is -7.88. The van der Waals surface area contributed by atoms with Crippen LogP contribution in [0.5, 0.6) is 0 Å². The Morgan fingerprint density at radius 3 is 1.75 bits per heavy atom. The smallest absolute Gasteiger partial charge is 0.145 e. The van der Waals surface area contributed by atoms with E-state index in [2.05, 4.69) is 205 Å². The summed E-state index contributed by atoms with van der Waals surface area (Å²) in [5.74, 6) is 0. The Kier molecular flexibility index (Phi) is 7.54. The van der Waals surface area contributed by atoms with Crippen LogP contribution >= 0.6 is 0 Å². The SMILES string of the molecule is c1ccc(-c2ccc3c(c2)oc2c(-c4ccccc4)ccc(N(c4ccc(-c5ccc6ccc7ccccc7c6c5)cc4)c4ccc5oc6ccccc6c5c4)c23)cc1. The van der Waals surface area contributed by atoms with E-state index in [-0.39, 0.29) is 0 Å². The molecule has 0 N–H and O–H groups in total. The van der Waals surface area contributed by atoms with E-state index < -0.39 is 0 Å². The molecule has 2 heterocycles. The van der Waals surface area contributed by atoms with Crippen LogP contribution in [0, 0.1) is 0 Å². The zero-order valence-electron chi connectivity index (χ0n) is 32.0. The van der Waals surface area contributed by atoms with Crippen LogP contribution in [0.25, 0.3) is 98.8 Å². The van der Waals surface area contributed by atoms with Crippen molar-refractivity contribution in [2.24, 2.45) is 0 Å². The normalized spacial score (nSPS) is 11.7. The number of para-hydroxylation sites is 1. The van der Waals surface area contributed by atoms with Gasteiger partial charge in [-0.15, -0.1) is 0 Å². The molecule has 0 bridgehead atoms. The van der Waals surface area contributed by atoms with Crippen molar-refractivity contribution in [1.82, 2.24) is 0 Å². The third-order valence-corrected chi connectivity index (χ3v) is 11.9. The number of rotatable bonds is 6. The summed E-state index contributed by atoms with van der Waals surface area (Å²) in [7, 11) is 0. The van der Waals surface area contributed by atoms with Gasteiger partial charge >= 0.3 is 0 Å². The summed E-state index contributed by atoms with van der Waals surface area (Å²) in [6.07, 6.45) is 0. The summed E-state index contributed by atoms with van der Waals surface area (Å²) in [6, 6.07) is 75.7. The van der Waals surface area contributed by atoms with Crippen molar-refractivity contribution >= 4 is 82.5 Å². The summed E-state index contributed by atoms with van der Waals surface area (Å²) in [6.45, 7) is 0. The lowest BCUT2D eigenvalue weighted by molar-refractivity contribution is 0.669. The quantitative estimate of drug-likeness (QED) is 0.158. The standard InChI is InChI=1S/C56H35NO2/c1-3-11-36(12-4-1)42-25-29-48-54(34-42)59-56-46(38-13-5-2-6-14-38)30-31-51(55(48)56)57(44-28-32-53-50(35-44)47-17-9-10-18-52(47)58-53)43-26-23-37(24-27-43)41-22-21-40-20-19-39-15-7-8-16-45(39)49(40)33-41/h1-35H. The van der Waals surface area contributed by atoms with Crippen LogP contribution in [0.1, 0.15) is 0 Å². The first kappa shape index (κ1) is 33.3. The van der Waals surface area contributed by atoms with E-state index in [4.69, 9.17) is 8.83 Å². The summed E-state index contributed by atoms with van der Waals surface area (Å²) < 4.78 is 13.3. The molecular formula is C56H35NO2. The molecule has 276 valence electrons. The highest BCUT2D eigenvalue weighted by molar-refractivity contribution is 6.18. The van der Waals surface area contributed by atoms with Gasteiger partial charge in [-0.3, -0.25) is 0 Å². The Balaban J connectivity index is 1.08. The number of hydrogen-bond donors (Lipinski definition) is 0. The largest absolute Gasteiger partial charge is 0.456 e. The molecule has 12 aromatic rings. The van der Waals surface area contributed by atoms with Crippen molar-refractivity contribution < 1.29 is 8.83 Å². The van der Waals surface area contributed by atoms with Crippen molar-refractivity contribution in [3.63, 3.8) is 0 Å². The highest BCUT2D eigenvalue weighted by atomic mass is 16.3. The van der Waals surface area contributed by atoms with Crippen molar-refractivity contribution in [2.75, 3.05) is 4.90 Å². The van der Waals surface area contributed by atoms with Gasteiger partial charge < -0.3 is 13.7 Å². The fourth-order valence-corrected chi connectivity index (χ4v) is 8.97. The Bertz CT molecular complexity index is 3540. The molecule has 0 atom stereocenters. The van der Waals surface area contributed by atoms with Crippen LogP contribution < -0.4 is 4.90 Å². The maximum Gasteiger partial charge on any atom is 0.145 e. The fourth-order valence-electron chi connectivity index (χ4n) is 8.97. The molecule has 3 nitrogen and oxygen atoms in total. The monoisotopic (exact) mass is 753 g/mol. The van der Waals surface area contributed by atoms with Gasteiger partial charge in [-0.05, 0) is 116 Å². The van der Waals surface area contributed by atoms with E-state index in [9.17, 15) is 0 Å². The number of hydrogen-bond acceptors (Lipinski definition) is 3. The third-order valence-electron chi connectivity index (χ3n) is 11.9. The lowest BCUT2D eigenvalue weighted by Gasteiger charge is -2.27. The first-order chi connectivity index (χ1) is 29.2. The minimum atomic E-state index is 0.849. The average Bonchev–Trinajstić information content (AvgIpc) is 3.88. The number of furan rings is 2. The maximum atomic E-state index is 6.98. The summed E-state index contributed by atoms with van der Waals surface area (Å²) in [5.41, 5.74) is 13.3. The van der Waals surface area contributed by atoms with E-state index in [0.717, 1.165) is 88.8 Å². The summed E-state index contributed by atoms with van der Waals surface area (Å²) in [4.78, 5) is 2.37. The van der Waals surface area contributed by atoms with Gasteiger partial charge in [-0.2, -0.15) is 0 Å². The van der Waals surface area contributed by atoms with Crippen LogP contribution in [0.15, 0.2) is 221 Å². The van der Waals surface area contributed by atoms with E-state index in [0.29, 0.717) is 0 Å². The number of fused-ring (bicyclic) bond motifs is 9. The Labute approximate surface area is 340 Å². The first-order valence-electron chi connectivity index (χ1n) is 20.1. The molecule has 0 aliphatic heterocycles. The summed E-state index contributed by atoms with van der Waals surface area (Å²) in [5, 5.41) is 9.30. The topological polar surface area (TPSA) is 29.5 Å². The van der Waals surface area contributed by atoms with Gasteiger partial charge in [-0.1, -0.05) is 146 Å². The van der Waals surface area contributed by atoms with Crippen molar-refractivity contribution in [3.05, 3.63) is 212 Å². The zero-order valence-corrected chi connectivity index (χ0v) is 32.0. The highest BCUT2D eigenvalue weighted by Gasteiger charge is 2.23. The number of anilines is 3. The lowest BCUT2D eigenvalue weighted by atomic mass is 9.96. The molecule has 0 saturated carbocycles. The molecule has 2 aromatic heterocycles. The molecule has 0 radical (unpaired) electrons. The Morgan fingerprint density at radius 2 is 0.915 bits per heavy atom. The molecule has 10 aromatic carbocycles. The minimum absolute atomic E-state index is 0.849. The fraction of sp³-hybridized carbons (Fsp3) is 0. The predicted molar refractivity (Wildman–Crippen MR) is 247 cm³/mol. The molecule has 0 fully saturated rings. The predicted octanol–water partition coefficient (Wildman–Crippen LogP) is 16.3. The van der Waals surface area contributed by atoms with E-state index in [1.807, 2.05) is 12.1 Å². The molecule has 0 unspecified atom stereocenters. The number of nitrogens with zero attached hydrogens (tertiary/aromatic N) is 1. The molecule has 0 saturated heterocycles. The van der Waals surface area contributed by atoms with Gasteiger partial charge in [0, 0.05) is 33.1 Å². The van der Waals surface area contributed by atoms with Crippen LogP contribution in [0.3, 0.4) is 0 Å². The molecular weight excluding hydrogens is 719 g/mol. The van der Waals surface area contributed by atoms with Gasteiger partial charge in [0.15, 0.2) is 0 Å². The van der Waals surface area contributed by atoms with E-state index in [1.54, 1.807) is 0 Å². The van der Waals surface area contributed by atoms with Gasteiger partial charge in [0.25, 0.3) is 0 Å². The second kappa shape index (κ2) is 13.4. The zero-order chi connectivity index (χ0) is 38.9. The van der Waals surface area contributed by atoms with E-state index in [1.165, 1.54) is 27.1 Å². The van der Waals surface area contributed by atoms with Crippen LogP contribution in [0.2, 0.25) is 0 Å². The molecule has 59 heavy (non-hydrogen) atoms. The number of benzene rings is 10. The third kappa shape index (κ3) is 5.51. The average molecular weight is 754 g/mol. The summed E-state index contributed by atoms with van der Waals surface area (Å²) >= 11 is 0. The molecule has 0 amide bonds. The van der Waals surface area contributed by atoms with Crippen LogP contribution in [0.4, 0.5) is 17.1 Å². The van der Waals surface area contributed by atoms with Crippen LogP contribution in [-0.2, 0) is 0 Å². The Morgan fingerprint density at radius 1 is 0.305 bits per heavy atom. The van der Waals surface area contributed by atoms with Crippen molar-refractivity contribution in [3.8, 4) is 33.4 Å². The molecule has 12 rings (SSSR count). The van der Waals surface area contributed by atoms with Crippen molar-refractivity contribution in [1.29, 1.82) is 0 Å². The van der Waals surface area contributed by atoms with Gasteiger partial charge in [0.05, 0.1) is 11.1 Å². The molecule has 0 aliphatic rings. The van der Waals surface area contributed by atoms with Gasteiger partial charge in [-0.25, -0.2) is 0 Å². The van der Waals surface area contributed by atoms with Crippen molar-refractivity contribution in [2.45, 2.75) is 0 Å². The van der Waals surface area contributed by atoms with E-state index >= 15 is 0 Å². The maximum absolute atomic E-state index is 6.98. The van der Waals surface area contributed by atoms with Gasteiger partial charge in [0.2, 0.25) is 0 Å².